The number of aliphatic carboxylic acids is 1. The van der Waals surface area contributed by atoms with Crippen LogP contribution in [0.25, 0.3) is 11.1 Å². The molecule has 0 spiro atoms. The van der Waals surface area contributed by atoms with Gasteiger partial charge in [-0.25, -0.2) is 14.0 Å². The number of rotatable bonds is 6. The summed E-state index contributed by atoms with van der Waals surface area (Å²) in [5.74, 6) is -3.35. The van der Waals surface area contributed by atoms with Crippen LogP contribution < -0.4 is 11.1 Å². The van der Waals surface area contributed by atoms with Gasteiger partial charge in [0.1, 0.15) is 5.82 Å². The Balaban J connectivity index is 0.000000406. The van der Waals surface area contributed by atoms with Gasteiger partial charge in [-0.15, -0.1) is 0 Å². The molecule has 11 heteroatoms. The summed E-state index contributed by atoms with van der Waals surface area (Å²) >= 11 is 0. The van der Waals surface area contributed by atoms with E-state index in [2.05, 4.69) is 15.2 Å². The van der Waals surface area contributed by atoms with Crippen molar-refractivity contribution in [2.75, 3.05) is 19.6 Å². The summed E-state index contributed by atoms with van der Waals surface area (Å²) in [4.78, 5) is 25.3. The lowest BCUT2D eigenvalue weighted by atomic mass is 10.0. The molecule has 1 fully saturated rings. The van der Waals surface area contributed by atoms with E-state index >= 15 is 0 Å². The second-order valence-corrected chi connectivity index (χ2v) is 8.02. The predicted molar refractivity (Wildman–Crippen MR) is 117 cm³/mol. The topological polar surface area (TPSA) is 98.6 Å². The zero-order valence-corrected chi connectivity index (χ0v) is 18.2. The first-order valence-corrected chi connectivity index (χ1v) is 10.7. The first-order chi connectivity index (χ1) is 16.1. The van der Waals surface area contributed by atoms with Gasteiger partial charge >= 0.3 is 17.9 Å². The van der Waals surface area contributed by atoms with Gasteiger partial charge < -0.3 is 19.7 Å². The Morgan fingerprint density at radius 3 is 2.35 bits per heavy atom. The molecular weight excluding hydrogens is 458 g/mol. The fraction of sp³-hybridized carbons (Fsp3) is 0.391. The van der Waals surface area contributed by atoms with Gasteiger partial charge in [0.05, 0.1) is 5.52 Å². The van der Waals surface area contributed by atoms with Gasteiger partial charge in [-0.1, -0.05) is 18.2 Å². The molecule has 3 aromatic rings. The van der Waals surface area contributed by atoms with Crippen LogP contribution in [0.4, 0.5) is 17.6 Å². The number of carbonyl (C=O) groups is 1. The van der Waals surface area contributed by atoms with Crippen molar-refractivity contribution in [2.45, 2.75) is 38.0 Å². The largest absolute Gasteiger partial charge is 0.490 e. The summed E-state index contributed by atoms with van der Waals surface area (Å²) in [6.07, 6.45) is -1.89. The zero-order valence-electron chi connectivity index (χ0n) is 18.2. The van der Waals surface area contributed by atoms with E-state index < -0.39 is 17.9 Å². The number of carboxylic acid groups (broad SMARTS) is 1. The Labute approximate surface area is 192 Å². The normalized spacial score (nSPS) is 15.2. The van der Waals surface area contributed by atoms with Crippen molar-refractivity contribution in [3.63, 3.8) is 0 Å². The number of aromatic amines is 1. The summed E-state index contributed by atoms with van der Waals surface area (Å²) in [5, 5.41) is 10.7. The lowest BCUT2D eigenvalue weighted by molar-refractivity contribution is -0.192. The number of nitrogens with one attached hydrogen (secondary N) is 2. The van der Waals surface area contributed by atoms with Crippen molar-refractivity contribution in [3.8, 4) is 0 Å². The van der Waals surface area contributed by atoms with Gasteiger partial charge in [0.2, 0.25) is 0 Å². The SMILES string of the molecule is O=C(O)C(F)(F)F.O=c1[nH]c2cc(CNC3CCN(CCc4ccc(F)cc4)CC3)ccc2o1. The van der Waals surface area contributed by atoms with Crippen LogP contribution in [0.5, 0.6) is 0 Å². The number of fused-ring (bicyclic) bond motifs is 1. The summed E-state index contributed by atoms with van der Waals surface area (Å²) in [6, 6.07) is 13.1. The number of nitrogens with zero attached hydrogens (tertiary/aromatic N) is 1. The Morgan fingerprint density at radius 2 is 1.74 bits per heavy atom. The molecule has 1 saturated heterocycles. The monoisotopic (exact) mass is 483 g/mol. The molecule has 0 atom stereocenters. The molecule has 1 aromatic heterocycles. The molecule has 0 saturated carbocycles. The van der Waals surface area contributed by atoms with Gasteiger partial charge in [-0.3, -0.25) is 4.98 Å². The minimum Gasteiger partial charge on any atom is -0.475 e. The van der Waals surface area contributed by atoms with E-state index in [1.54, 1.807) is 0 Å². The molecule has 2 heterocycles. The third-order valence-electron chi connectivity index (χ3n) is 5.54. The van der Waals surface area contributed by atoms with Crippen LogP contribution in [0, 0.1) is 5.82 Å². The van der Waals surface area contributed by atoms with Crippen LogP contribution >= 0.6 is 0 Å². The molecule has 0 radical (unpaired) electrons. The number of benzene rings is 2. The molecular formula is C23H25F4N3O4. The van der Waals surface area contributed by atoms with E-state index in [9.17, 15) is 22.4 Å². The number of hydrogen-bond donors (Lipinski definition) is 3. The van der Waals surface area contributed by atoms with Crippen molar-refractivity contribution < 1.29 is 31.9 Å². The van der Waals surface area contributed by atoms with Crippen LogP contribution in [0.15, 0.2) is 51.7 Å². The molecule has 7 nitrogen and oxygen atoms in total. The maximum absolute atomic E-state index is 13.0. The molecule has 3 N–H and O–H groups in total. The van der Waals surface area contributed by atoms with E-state index in [0.29, 0.717) is 11.6 Å². The van der Waals surface area contributed by atoms with E-state index in [-0.39, 0.29) is 5.82 Å². The van der Waals surface area contributed by atoms with Gasteiger partial charge in [0.25, 0.3) is 0 Å². The number of alkyl halides is 3. The Morgan fingerprint density at radius 1 is 1.12 bits per heavy atom. The Bertz CT molecular complexity index is 1130. The van der Waals surface area contributed by atoms with Crippen molar-refractivity contribution in [1.82, 2.24) is 15.2 Å². The second kappa shape index (κ2) is 11.3. The number of likely N-dealkylation sites (tertiary alicyclic amines) is 1. The van der Waals surface area contributed by atoms with Crippen LogP contribution in [-0.2, 0) is 17.8 Å². The van der Waals surface area contributed by atoms with Crippen LogP contribution in [0.3, 0.4) is 0 Å². The maximum Gasteiger partial charge on any atom is 0.490 e. The third kappa shape index (κ3) is 7.70. The first kappa shape index (κ1) is 25.4. The summed E-state index contributed by atoms with van der Waals surface area (Å²) in [6.45, 7) is 3.95. The summed E-state index contributed by atoms with van der Waals surface area (Å²) < 4.78 is 49.7. The molecule has 1 aliphatic heterocycles. The molecule has 0 unspecified atom stereocenters. The zero-order chi connectivity index (χ0) is 24.7. The highest BCUT2D eigenvalue weighted by molar-refractivity contribution is 5.73. The highest BCUT2D eigenvalue weighted by Crippen LogP contribution is 2.15. The molecule has 0 aliphatic carbocycles. The van der Waals surface area contributed by atoms with Crippen molar-refractivity contribution in [3.05, 3.63) is 70.0 Å². The molecule has 1 aliphatic rings. The average molecular weight is 483 g/mol. The predicted octanol–water partition coefficient (Wildman–Crippen LogP) is 3.69. The van der Waals surface area contributed by atoms with E-state index in [1.807, 2.05) is 30.3 Å². The maximum atomic E-state index is 13.0. The number of hydrogen-bond acceptors (Lipinski definition) is 5. The standard InChI is InChI=1S/C21H24FN3O2.C2HF3O2/c22-17-4-1-15(2-5-17)7-10-25-11-8-18(9-12-25)23-14-16-3-6-20-19(13-16)24-21(26)27-20;3-2(4,5)1(6)7/h1-6,13,18,23H,7-12,14H2,(H,24,26);(H,6,7). The van der Waals surface area contributed by atoms with E-state index in [0.717, 1.165) is 56.5 Å². The van der Waals surface area contributed by atoms with Crippen LogP contribution in [0.2, 0.25) is 0 Å². The van der Waals surface area contributed by atoms with Crippen molar-refractivity contribution in [1.29, 1.82) is 0 Å². The molecule has 0 bridgehead atoms. The lowest BCUT2D eigenvalue weighted by Crippen LogP contribution is -2.42. The highest BCUT2D eigenvalue weighted by atomic mass is 19.4. The van der Waals surface area contributed by atoms with Gasteiger partial charge in [0, 0.05) is 19.1 Å². The van der Waals surface area contributed by atoms with E-state index in [4.69, 9.17) is 14.3 Å². The van der Waals surface area contributed by atoms with Gasteiger partial charge in [-0.05, 0) is 67.7 Å². The minimum atomic E-state index is -5.08. The number of oxazole rings is 1. The van der Waals surface area contributed by atoms with Gasteiger partial charge in [0.15, 0.2) is 5.58 Å². The number of carboxylic acids is 1. The minimum absolute atomic E-state index is 0.177. The number of halogens is 4. The van der Waals surface area contributed by atoms with Crippen LogP contribution in [-0.4, -0.2) is 52.8 Å². The van der Waals surface area contributed by atoms with Crippen LogP contribution in [0.1, 0.15) is 24.0 Å². The van der Waals surface area contributed by atoms with Crippen molar-refractivity contribution >= 4 is 17.1 Å². The molecule has 0 amide bonds. The molecule has 184 valence electrons. The smallest absolute Gasteiger partial charge is 0.475 e. The first-order valence-electron chi connectivity index (χ1n) is 10.7. The molecule has 34 heavy (non-hydrogen) atoms. The Kier molecular flexibility index (Phi) is 8.46. The van der Waals surface area contributed by atoms with Crippen molar-refractivity contribution in [2.24, 2.45) is 0 Å². The number of piperidine rings is 1. The third-order valence-corrected chi connectivity index (χ3v) is 5.54. The van der Waals surface area contributed by atoms with Gasteiger partial charge in [-0.2, -0.15) is 13.2 Å². The number of aromatic nitrogens is 1. The lowest BCUT2D eigenvalue weighted by Gasteiger charge is -2.32. The molecule has 4 rings (SSSR count). The average Bonchev–Trinajstić information content (AvgIpc) is 3.17. The molecule has 2 aromatic carbocycles. The van der Waals surface area contributed by atoms with E-state index in [1.165, 1.54) is 17.7 Å². The summed E-state index contributed by atoms with van der Waals surface area (Å²) in [7, 11) is 0. The summed E-state index contributed by atoms with van der Waals surface area (Å²) in [5.41, 5.74) is 3.66. The Hall–Kier alpha value is -3.18. The quantitative estimate of drug-likeness (QED) is 0.463. The highest BCUT2D eigenvalue weighted by Gasteiger charge is 2.38. The number of H-pyrrole nitrogens is 1. The fourth-order valence-electron chi connectivity index (χ4n) is 3.67. The fourth-order valence-corrected chi connectivity index (χ4v) is 3.67. The second-order valence-electron chi connectivity index (χ2n) is 8.02.